The average Bonchev–Trinajstić information content (AvgIpc) is 3.25. The van der Waals surface area contributed by atoms with E-state index in [1.165, 1.54) is 6.07 Å². The van der Waals surface area contributed by atoms with Crippen LogP contribution in [0.15, 0.2) is 73.1 Å². The maximum atomic E-state index is 13.6. The zero-order valence-corrected chi connectivity index (χ0v) is 18.8. The lowest BCUT2D eigenvalue weighted by molar-refractivity contribution is 0.0953. The second-order valence-corrected chi connectivity index (χ2v) is 8.01. The van der Waals surface area contributed by atoms with Crippen LogP contribution in [0.3, 0.4) is 0 Å². The van der Waals surface area contributed by atoms with Gasteiger partial charge >= 0.3 is 6.03 Å². The highest BCUT2D eigenvalue weighted by Gasteiger charge is 2.08. The minimum atomic E-state index is -0.423. The molecule has 7 nitrogen and oxygen atoms in total. The third-order valence-corrected chi connectivity index (χ3v) is 5.49. The van der Waals surface area contributed by atoms with Gasteiger partial charge in [0.2, 0.25) is 0 Å². The van der Waals surface area contributed by atoms with Crippen molar-refractivity contribution in [3.05, 3.63) is 101 Å². The van der Waals surface area contributed by atoms with Gasteiger partial charge in [-0.1, -0.05) is 42.5 Å². The van der Waals surface area contributed by atoms with Crippen molar-refractivity contribution in [3.8, 4) is 0 Å². The molecule has 34 heavy (non-hydrogen) atoms. The summed E-state index contributed by atoms with van der Waals surface area (Å²) in [7, 11) is 0. The topological polar surface area (TPSA) is 88.0 Å². The van der Waals surface area contributed by atoms with E-state index in [1.807, 2.05) is 54.9 Å². The highest BCUT2D eigenvalue weighted by Crippen LogP contribution is 2.14. The highest BCUT2D eigenvalue weighted by atomic mass is 19.1. The van der Waals surface area contributed by atoms with Crippen molar-refractivity contribution in [3.63, 3.8) is 0 Å². The summed E-state index contributed by atoms with van der Waals surface area (Å²) in [4.78, 5) is 28.5. The van der Waals surface area contributed by atoms with E-state index in [4.69, 9.17) is 0 Å². The van der Waals surface area contributed by atoms with E-state index < -0.39 is 5.82 Å². The molecule has 3 amide bonds. The van der Waals surface area contributed by atoms with Crippen LogP contribution < -0.4 is 16.0 Å². The Labute approximate surface area is 197 Å². The van der Waals surface area contributed by atoms with Crippen molar-refractivity contribution in [1.29, 1.82) is 0 Å². The van der Waals surface area contributed by atoms with E-state index in [0.29, 0.717) is 12.1 Å². The van der Waals surface area contributed by atoms with Crippen LogP contribution in [0.5, 0.6) is 0 Å². The lowest BCUT2D eigenvalue weighted by atomic mass is 10.1. The fourth-order valence-electron chi connectivity index (χ4n) is 3.53. The standard InChI is InChI=1S/C26H26FN5O2/c1-18-6-11-21(14-22(18)27)25(33)28-12-13-29-26(34)30-15-19-7-9-20(10-8-19)16-32-17-31-23-4-2-3-5-24(23)32/h2-11,14,17H,12-13,15-16H2,1H3,(H,28,33)(H2,29,30,34). The first-order valence-electron chi connectivity index (χ1n) is 11.0. The van der Waals surface area contributed by atoms with Gasteiger partial charge in [-0.3, -0.25) is 4.79 Å². The van der Waals surface area contributed by atoms with Gasteiger partial charge in [-0.05, 0) is 47.9 Å². The molecule has 0 atom stereocenters. The number of hydrogen-bond donors (Lipinski definition) is 3. The Morgan fingerprint density at radius 2 is 1.65 bits per heavy atom. The van der Waals surface area contributed by atoms with Crippen LogP contribution >= 0.6 is 0 Å². The lowest BCUT2D eigenvalue weighted by Gasteiger charge is -2.10. The normalized spacial score (nSPS) is 10.8. The first kappa shape index (κ1) is 23.0. The van der Waals surface area contributed by atoms with E-state index in [-0.39, 0.29) is 30.6 Å². The van der Waals surface area contributed by atoms with Gasteiger partial charge in [0.15, 0.2) is 0 Å². The number of fused-ring (bicyclic) bond motifs is 1. The number of carbonyl (C=O) groups excluding carboxylic acids is 2. The molecular formula is C26H26FN5O2. The number of benzene rings is 3. The van der Waals surface area contributed by atoms with Crippen LogP contribution in [-0.4, -0.2) is 34.6 Å². The molecule has 0 aliphatic heterocycles. The molecule has 1 aromatic heterocycles. The number of hydrogen-bond acceptors (Lipinski definition) is 3. The first-order valence-corrected chi connectivity index (χ1v) is 11.0. The van der Waals surface area contributed by atoms with Crippen LogP contribution in [0.2, 0.25) is 0 Å². The third kappa shape index (κ3) is 5.78. The Bertz CT molecular complexity index is 1300. The molecule has 0 unspecified atom stereocenters. The predicted octanol–water partition coefficient (Wildman–Crippen LogP) is 3.76. The summed E-state index contributed by atoms with van der Waals surface area (Å²) in [6.45, 7) is 3.23. The second-order valence-electron chi connectivity index (χ2n) is 8.01. The number of aryl methyl sites for hydroxylation is 1. The van der Waals surface area contributed by atoms with Crippen molar-refractivity contribution in [1.82, 2.24) is 25.5 Å². The maximum Gasteiger partial charge on any atom is 0.315 e. The van der Waals surface area contributed by atoms with Crippen molar-refractivity contribution >= 4 is 23.0 Å². The molecule has 0 bridgehead atoms. The van der Waals surface area contributed by atoms with Crippen LogP contribution in [0.4, 0.5) is 9.18 Å². The number of rotatable bonds is 8. The van der Waals surface area contributed by atoms with Crippen LogP contribution in [0.1, 0.15) is 27.0 Å². The van der Waals surface area contributed by atoms with Crippen LogP contribution in [0, 0.1) is 12.7 Å². The lowest BCUT2D eigenvalue weighted by Crippen LogP contribution is -2.40. The number of imidazole rings is 1. The molecule has 0 aliphatic carbocycles. The van der Waals surface area contributed by atoms with Gasteiger partial charge in [-0.15, -0.1) is 0 Å². The summed E-state index contributed by atoms with van der Waals surface area (Å²) in [6, 6.07) is 20.0. The van der Waals surface area contributed by atoms with Gasteiger partial charge in [-0.2, -0.15) is 0 Å². The molecule has 174 valence electrons. The smallest absolute Gasteiger partial charge is 0.315 e. The summed E-state index contributed by atoms with van der Waals surface area (Å²) in [5, 5.41) is 8.14. The summed E-state index contributed by atoms with van der Waals surface area (Å²) >= 11 is 0. The number of para-hydroxylation sites is 2. The Hall–Kier alpha value is -4.20. The molecule has 4 aromatic rings. The number of urea groups is 1. The molecule has 0 spiro atoms. The predicted molar refractivity (Wildman–Crippen MR) is 129 cm³/mol. The molecule has 0 radical (unpaired) electrons. The fourth-order valence-corrected chi connectivity index (χ4v) is 3.53. The zero-order valence-electron chi connectivity index (χ0n) is 18.8. The van der Waals surface area contributed by atoms with Gasteiger partial charge < -0.3 is 20.5 Å². The zero-order chi connectivity index (χ0) is 23.9. The van der Waals surface area contributed by atoms with Crippen molar-refractivity contribution in [2.45, 2.75) is 20.0 Å². The minimum absolute atomic E-state index is 0.235. The number of amides is 3. The number of nitrogens with one attached hydrogen (secondary N) is 3. The molecule has 3 N–H and O–H groups in total. The summed E-state index contributed by atoms with van der Waals surface area (Å²) < 4.78 is 15.7. The molecule has 1 heterocycles. The monoisotopic (exact) mass is 459 g/mol. The first-order chi connectivity index (χ1) is 16.5. The number of aromatic nitrogens is 2. The molecule has 0 saturated carbocycles. The third-order valence-electron chi connectivity index (χ3n) is 5.49. The van der Waals surface area contributed by atoms with E-state index in [0.717, 1.165) is 28.7 Å². The molecule has 3 aromatic carbocycles. The van der Waals surface area contributed by atoms with E-state index in [2.05, 4.69) is 25.5 Å². The van der Waals surface area contributed by atoms with Gasteiger partial charge in [0.25, 0.3) is 5.91 Å². The maximum absolute atomic E-state index is 13.6. The quantitative estimate of drug-likeness (QED) is 0.351. The van der Waals surface area contributed by atoms with Gasteiger partial charge in [-0.25, -0.2) is 14.2 Å². The molecule has 0 aliphatic rings. The van der Waals surface area contributed by atoms with E-state index in [1.54, 1.807) is 19.1 Å². The summed E-state index contributed by atoms with van der Waals surface area (Å²) in [6.07, 6.45) is 1.84. The van der Waals surface area contributed by atoms with Crippen molar-refractivity contribution < 1.29 is 14.0 Å². The molecular weight excluding hydrogens is 433 g/mol. The van der Waals surface area contributed by atoms with Gasteiger partial charge in [0, 0.05) is 31.7 Å². The van der Waals surface area contributed by atoms with E-state index >= 15 is 0 Å². The van der Waals surface area contributed by atoms with E-state index in [9.17, 15) is 14.0 Å². The van der Waals surface area contributed by atoms with Gasteiger partial charge in [0.1, 0.15) is 5.82 Å². The Kier molecular flexibility index (Phi) is 7.17. The van der Waals surface area contributed by atoms with Gasteiger partial charge in [0.05, 0.1) is 17.4 Å². The Morgan fingerprint density at radius 3 is 2.44 bits per heavy atom. The SMILES string of the molecule is Cc1ccc(C(=O)NCCNC(=O)NCc2ccc(Cn3cnc4ccccc43)cc2)cc1F. The number of carbonyl (C=O) groups is 2. The van der Waals surface area contributed by atoms with Crippen molar-refractivity contribution in [2.24, 2.45) is 0 Å². The van der Waals surface area contributed by atoms with Crippen molar-refractivity contribution in [2.75, 3.05) is 13.1 Å². The Morgan fingerprint density at radius 1 is 0.912 bits per heavy atom. The molecule has 4 rings (SSSR count). The minimum Gasteiger partial charge on any atom is -0.350 e. The summed E-state index contributed by atoms with van der Waals surface area (Å²) in [5.41, 5.74) is 4.91. The molecule has 8 heteroatoms. The molecule has 0 saturated heterocycles. The highest BCUT2D eigenvalue weighted by molar-refractivity contribution is 5.94. The summed E-state index contributed by atoms with van der Waals surface area (Å²) in [5.74, 6) is -0.807. The average molecular weight is 460 g/mol. The molecule has 0 fully saturated rings. The second kappa shape index (κ2) is 10.6. The fraction of sp³-hybridized carbons (Fsp3) is 0.192. The number of halogens is 1. The number of nitrogens with zero attached hydrogens (tertiary/aromatic N) is 2. The van der Waals surface area contributed by atoms with Crippen LogP contribution in [0.25, 0.3) is 11.0 Å². The Balaban J connectivity index is 1.17. The van der Waals surface area contributed by atoms with Crippen LogP contribution in [-0.2, 0) is 13.1 Å². The largest absolute Gasteiger partial charge is 0.350 e.